The van der Waals surface area contributed by atoms with Gasteiger partial charge in [-0.3, -0.25) is 4.79 Å². The average molecular weight is 359 g/mol. The van der Waals surface area contributed by atoms with Crippen LogP contribution >= 0.6 is 0 Å². The normalized spacial score (nSPS) is 18.2. The summed E-state index contributed by atoms with van der Waals surface area (Å²) >= 11 is 0. The zero-order chi connectivity index (χ0) is 18.0. The monoisotopic (exact) mass is 359 g/mol. The third-order valence-electron chi connectivity index (χ3n) is 4.27. The van der Waals surface area contributed by atoms with Crippen LogP contribution in [0.4, 0.5) is 5.82 Å². The molecule has 132 valence electrons. The van der Waals surface area contributed by atoms with Crippen molar-refractivity contribution >= 4 is 21.7 Å². The van der Waals surface area contributed by atoms with Gasteiger partial charge in [0.25, 0.3) is 0 Å². The largest absolute Gasteiger partial charge is 0.309 e. The smallest absolute Gasteiger partial charge is 0.243 e. The first-order valence-corrected chi connectivity index (χ1v) is 9.65. The molecule has 0 aliphatic carbocycles. The number of hydrogen-bond acceptors (Lipinski definition) is 4. The second-order valence-corrected chi connectivity index (χ2v) is 8.13. The number of aryl methyl sites for hydroxylation is 2. The van der Waals surface area contributed by atoms with Crippen molar-refractivity contribution in [2.24, 2.45) is 0 Å². The number of carbonyl (C=O) groups is 1. The Labute approximate surface area is 147 Å². The van der Waals surface area contributed by atoms with Gasteiger partial charge in [-0.1, -0.05) is 23.8 Å². The number of hydrogen-bond donors (Lipinski definition) is 1. The number of anilines is 1. The van der Waals surface area contributed by atoms with Gasteiger partial charge in [-0.05, 0) is 51.0 Å². The molecule has 2 aromatic rings. The molecule has 1 fully saturated rings. The number of pyridine rings is 1. The molecule has 0 saturated carbocycles. The molecule has 0 radical (unpaired) electrons. The van der Waals surface area contributed by atoms with Gasteiger partial charge in [0.1, 0.15) is 11.9 Å². The molecule has 1 aromatic carbocycles. The summed E-state index contributed by atoms with van der Waals surface area (Å²) in [6, 6.07) is 11.3. The number of amides is 1. The van der Waals surface area contributed by atoms with Crippen LogP contribution in [0.5, 0.6) is 0 Å². The van der Waals surface area contributed by atoms with Gasteiger partial charge < -0.3 is 5.32 Å². The number of sulfonamides is 1. The molecule has 3 rings (SSSR count). The molecule has 25 heavy (non-hydrogen) atoms. The van der Waals surface area contributed by atoms with Crippen molar-refractivity contribution < 1.29 is 13.2 Å². The molecule has 7 heteroatoms. The molecule has 1 saturated heterocycles. The fraction of sp³-hybridized carbons (Fsp3) is 0.333. The van der Waals surface area contributed by atoms with Crippen LogP contribution in [-0.2, 0) is 14.8 Å². The summed E-state index contributed by atoms with van der Waals surface area (Å²) in [5.41, 5.74) is 1.77. The SMILES string of the molecule is Cc1ccc(S(=O)(=O)N2CCCC2C(=O)Nc2cccc(C)n2)cc1. The average Bonchev–Trinajstić information content (AvgIpc) is 3.06. The summed E-state index contributed by atoms with van der Waals surface area (Å²) in [7, 11) is -3.70. The van der Waals surface area contributed by atoms with E-state index in [1.54, 1.807) is 36.4 Å². The number of aromatic nitrogens is 1. The highest BCUT2D eigenvalue weighted by molar-refractivity contribution is 7.89. The van der Waals surface area contributed by atoms with Crippen molar-refractivity contribution in [1.82, 2.24) is 9.29 Å². The molecular weight excluding hydrogens is 338 g/mol. The van der Waals surface area contributed by atoms with Crippen molar-refractivity contribution in [3.8, 4) is 0 Å². The number of carbonyl (C=O) groups excluding carboxylic acids is 1. The summed E-state index contributed by atoms with van der Waals surface area (Å²) in [6.07, 6.45) is 1.16. The lowest BCUT2D eigenvalue weighted by Crippen LogP contribution is -2.43. The molecular formula is C18H21N3O3S. The molecule has 1 atom stereocenters. The maximum absolute atomic E-state index is 12.9. The minimum atomic E-state index is -3.70. The molecule has 1 amide bonds. The van der Waals surface area contributed by atoms with Gasteiger partial charge in [0, 0.05) is 12.2 Å². The van der Waals surface area contributed by atoms with Crippen LogP contribution in [0, 0.1) is 13.8 Å². The molecule has 6 nitrogen and oxygen atoms in total. The predicted molar refractivity (Wildman–Crippen MR) is 95.7 cm³/mol. The predicted octanol–water partition coefficient (Wildman–Crippen LogP) is 2.49. The van der Waals surface area contributed by atoms with Crippen molar-refractivity contribution in [3.05, 3.63) is 53.7 Å². The lowest BCUT2D eigenvalue weighted by molar-refractivity contribution is -0.119. The number of nitrogens with zero attached hydrogens (tertiary/aromatic N) is 2. The molecule has 1 aromatic heterocycles. The number of rotatable bonds is 4. The number of nitrogens with one attached hydrogen (secondary N) is 1. The van der Waals surface area contributed by atoms with Crippen molar-refractivity contribution in [1.29, 1.82) is 0 Å². The summed E-state index contributed by atoms with van der Waals surface area (Å²) in [4.78, 5) is 17.1. The maximum atomic E-state index is 12.9. The molecule has 1 aliphatic heterocycles. The topological polar surface area (TPSA) is 79.4 Å². The Morgan fingerprint density at radius 3 is 2.56 bits per heavy atom. The molecule has 1 N–H and O–H groups in total. The van der Waals surface area contributed by atoms with Crippen molar-refractivity contribution in [2.45, 2.75) is 37.6 Å². The van der Waals surface area contributed by atoms with Crippen LogP contribution < -0.4 is 5.32 Å². The van der Waals surface area contributed by atoms with Crippen LogP contribution in [-0.4, -0.2) is 36.2 Å². The van der Waals surface area contributed by atoms with E-state index in [1.165, 1.54) is 4.31 Å². The Kier molecular flexibility index (Phi) is 4.87. The van der Waals surface area contributed by atoms with Gasteiger partial charge >= 0.3 is 0 Å². The third kappa shape index (κ3) is 3.72. The Balaban J connectivity index is 1.82. The lowest BCUT2D eigenvalue weighted by atomic mass is 10.2. The maximum Gasteiger partial charge on any atom is 0.243 e. The Bertz CT molecular complexity index is 879. The minimum absolute atomic E-state index is 0.214. The quantitative estimate of drug-likeness (QED) is 0.910. The van der Waals surface area contributed by atoms with E-state index >= 15 is 0 Å². The molecule has 0 bridgehead atoms. The third-order valence-corrected chi connectivity index (χ3v) is 6.20. The van der Waals surface area contributed by atoms with Crippen LogP contribution in [0.1, 0.15) is 24.1 Å². The minimum Gasteiger partial charge on any atom is -0.309 e. The van der Waals surface area contributed by atoms with E-state index in [2.05, 4.69) is 10.3 Å². The first-order valence-electron chi connectivity index (χ1n) is 8.21. The van der Waals surface area contributed by atoms with Gasteiger partial charge in [-0.25, -0.2) is 13.4 Å². The van der Waals surface area contributed by atoms with Gasteiger partial charge in [0.05, 0.1) is 4.90 Å². The van der Waals surface area contributed by atoms with Gasteiger partial charge in [-0.15, -0.1) is 0 Å². The van der Waals surface area contributed by atoms with E-state index < -0.39 is 16.1 Å². The zero-order valence-corrected chi connectivity index (χ0v) is 15.1. The zero-order valence-electron chi connectivity index (χ0n) is 14.3. The Morgan fingerprint density at radius 1 is 1.16 bits per heavy atom. The van der Waals surface area contributed by atoms with E-state index in [0.717, 1.165) is 11.3 Å². The molecule has 1 unspecified atom stereocenters. The van der Waals surface area contributed by atoms with Crippen LogP contribution in [0.2, 0.25) is 0 Å². The fourth-order valence-corrected chi connectivity index (χ4v) is 4.61. The highest BCUT2D eigenvalue weighted by Gasteiger charge is 2.39. The second kappa shape index (κ2) is 6.93. The fourth-order valence-electron chi connectivity index (χ4n) is 2.96. The van der Waals surface area contributed by atoms with Crippen molar-refractivity contribution in [3.63, 3.8) is 0 Å². The van der Waals surface area contributed by atoms with Gasteiger partial charge in [0.2, 0.25) is 15.9 Å². The summed E-state index contributed by atoms with van der Waals surface area (Å²) in [5, 5.41) is 2.73. The first kappa shape index (κ1) is 17.6. The van der Waals surface area contributed by atoms with Gasteiger partial charge in [-0.2, -0.15) is 4.31 Å². The molecule has 0 spiro atoms. The molecule has 1 aliphatic rings. The number of benzene rings is 1. The van der Waals surface area contributed by atoms with Crippen LogP contribution in [0.15, 0.2) is 47.4 Å². The summed E-state index contributed by atoms with van der Waals surface area (Å²) in [5.74, 6) is 0.0934. The highest BCUT2D eigenvalue weighted by atomic mass is 32.2. The molecule has 2 heterocycles. The lowest BCUT2D eigenvalue weighted by Gasteiger charge is -2.23. The van der Waals surface area contributed by atoms with Crippen molar-refractivity contribution in [2.75, 3.05) is 11.9 Å². The van der Waals surface area contributed by atoms with E-state index in [9.17, 15) is 13.2 Å². The van der Waals surface area contributed by atoms with Gasteiger partial charge in [0.15, 0.2) is 0 Å². The summed E-state index contributed by atoms with van der Waals surface area (Å²) in [6.45, 7) is 4.08. The standard InChI is InChI=1S/C18H21N3O3S/c1-13-8-10-15(11-9-13)25(23,24)21-12-4-6-16(21)18(22)20-17-7-3-5-14(2)19-17/h3,5,7-11,16H,4,6,12H2,1-2H3,(H,19,20,22). The first-order chi connectivity index (χ1) is 11.9. The van der Waals surface area contributed by atoms with E-state index in [-0.39, 0.29) is 10.8 Å². The summed E-state index contributed by atoms with van der Waals surface area (Å²) < 4.78 is 27.1. The highest BCUT2D eigenvalue weighted by Crippen LogP contribution is 2.27. The van der Waals surface area contributed by atoms with Crippen LogP contribution in [0.25, 0.3) is 0 Å². The second-order valence-electron chi connectivity index (χ2n) is 6.24. The van der Waals surface area contributed by atoms with E-state index in [0.29, 0.717) is 25.2 Å². The Morgan fingerprint density at radius 2 is 1.88 bits per heavy atom. The Hall–Kier alpha value is -2.25. The van der Waals surface area contributed by atoms with E-state index in [4.69, 9.17) is 0 Å². The van der Waals surface area contributed by atoms with Crippen LogP contribution in [0.3, 0.4) is 0 Å². The van der Waals surface area contributed by atoms with E-state index in [1.807, 2.05) is 19.9 Å².